The van der Waals surface area contributed by atoms with Gasteiger partial charge in [-0.2, -0.15) is 4.31 Å². The van der Waals surface area contributed by atoms with E-state index in [0.29, 0.717) is 41.3 Å². The first-order valence-electron chi connectivity index (χ1n) is 13.7. The van der Waals surface area contributed by atoms with E-state index in [1.54, 1.807) is 37.4 Å². The fourth-order valence-electron chi connectivity index (χ4n) is 5.48. The third-order valence-electron chi connectivity index (χ3n) is 7.62. The van der Waals surface area contributed by atoms with Gasteiger partial charge in [-0.1, -0.05) is 18.6 Å². The fraction of sp³-hybridized carbons (Fsp3) is 0.552. The smallest absolute Gasteiger partial charge is 0.246 e. The number of ether oxygens (including phenoxy) is 2. The molecule has 0 saturated carbocycles. The lowest BCUT2D eigenvalue weighted by atomic mass is 10.1. The molecular formula is C29H42N4O5S. The van der Waals surface area contributed by atoms with Crippen molar-refractivity contribution in [3.63, 3.8) is 0 Å². The number of nitrogens with zero attached hydrogens (tertiary/aromatic N) is 3. The first-order chi connectivity index (χ1) is 18.7. The maximum absolute atomic E-state index is 13.7. The molecule has 2 saturated heterocycles. The zero-order valence-corrected chi connectivity index (χ0v) is 24.4. The van der Waals surface area contributed by atoms with E-state index >= 15 is 0 Å². The summed E-state index contributed by atoms with van der Waals surface area (Å²) >= 11 is 0. The van der Waals surface area contributed by atoms with Gasteiger partial charge in [0.05, 0.1) is 18.6 Å². The van der Waals surface area contributed by atoms with Gasteiger partial charge in [-0.25, -0.2) is 8.42 Å². The molecule has 2 heterocycles. The third-order valence-corrected chi connectivity index (χ3v) is 9.88. The van der Waals surface area contributed by atoms with Crippen LogP contribution >= 0.6 is 0 Å². The van der Waals surface area contributed by atoms with Crippen molar-refractivity contribution >= 4 is 21.6 Å². The summed E-state index contributed by atoms with van der Waals surface area (Å²) in [6, 6.07) is 11.5. The summed E-state index contributed by atoms with van der Waals surface area (Å²) in [5, 5.41) is 2.93. The molecule has 10 heteroatoms. The normalized spacial score (nSPS) is 19.2. The van der Waals surface area contributed by atoms with Gasteiger partial charge in [-0.15, -0.1) is 0 Å². The van der Waals surface area contributed by atoms with Crippen LogP contribution in [0.5, 0.6) is 5.75 Å². The van der Waals surface area contributed by atoms with Crippen molar-refractivity contribution in [3.05, 3.63) is 53.1 Å². The average molecular weight is 559 g/mol. The molecule has 0 aromatic heterocycles. The van der Waals surface area contributed by atoms with E-state index < -0.39 is 10.0 Å². The summed E-state index contributed by atoms with van der Waals surface area (Å²) < 4.78 is 40.0. The maximum Gasteiger partial charge on any atom is 0.246 e. The van der Waals surface area contributed by atoms with Crippen LogP contribution in [-0.2, 0) is 26.1 Å². The molecule has 2 aromatic rings. The highest BCUT2D eigenvalue weighted by atomic mass is 32.2. The van der Waals surface area contributed by atoms with E-state index in [1.807, 2.05) is 12.1 Å². The molecule has 1 atom stereocenters. The largest absolute Gasteiger partial charge is 0.497 e. The summed E-state index contributed by atoms with van der Waals surface area (Å²) in [5.41, 5.74) is 3.53. The molecule has 39 heavy (non-hydrogen) atoms. The van der Waals surface area contributed by atoms with Gasteiger partial charge in [-0.3, -0.25) is 4.79 Å². The number of carbonyl (C=O) groups excluding carboxylic acids is 1. The van der Waals surface area contributed by atoms with Gasteiger partial charge < -0.3 is 24.6 Å². The van der Waals surface area contributed by atoms with Crippen LogP contribution in [0.1, 0.15) is 36.0 Å². The van der Waals surface area contributed by atoms with E-state index in [1.165, 1.54) is 5.69 Å². The predicted molar refractivity (Wildman–Crippen MR) is 153 cm³/mol. The number of hydrogen-bond acceptors (Lipinski definition) is 7. The molecule has 1 N–H and O–H groups in total. The number of rotatable bonds is 10. The van der Waals surface area contributed by atoms with E-state index in [2.05, 4.69) is 34.3 Å². The van der Waals surface area contributed by atoms with E-state index in [-0.39, 0.29) is 25.2 Å². The van der Waals surface area contributed by atoms with Crippen LogP contribution in [0.3, 0.4) is 0 Å². The van der Waals surface area contributed by atoms with Crippen LogP contribution in [0.15, 0.2) is 41.3 Å². The van der Waals surface area contributed by atoms with Gasteiger partial charge in [0.2, 0.25) is 15.9 Å². The Morgan fingerprint density at radius 3 is 2.44 bits per heavy atom. The van der Waals surface area contributed by atoms with Crippen LogP contribution in [0.2, 0.25) is 0 Å². The lowest BCUT2D eigenvalue weighted by Gasteiger charge is -2.35. The summed E-state index contributed by atoms with van der Waals surface area (Å²) in [7, 11) is -0.0110. The number of piperazine rings is 1. The van der Waals surface area contributed by atoms with Crippen molar-refractivity contribution in [2.45, 2.75) is 50.6 Å². The Morgan fingerprint density at radius 1 is 1.03 bits per heavy atom. The molecule has 1 amide bonds. The minimum absolute atomic E-state index is 0.108. The third kappa shape index (κ3) is 7.30. The number of aryl methyl sites for hydroxylation is 2. The van der Waals surface area contributed by atoms with Gasteiger partial charge in [0.1, 0.15) is 12.4 Å². The van der Waals surface area contributed by atoms with E-state index in [9.17, 15) is 13.2 Å². The van der Waals surface area contributed by atoms with Gasteiger partial charge in [0.15, 0.2) is 0 Å². The van der Waals surface area contributed by atoms with E-state index in [0.717, 1.165) is 44.6 Å². The molecule has 4 rings (SSSR count). The van der Waals surface area contributed by atoms with Crippen LogP contribution < -0.4 is 15.0 Å². The van der Waals surface area contributed by atoms with Crippen LogP contribution in [0, 0.1) is 13.8 Å². The van der Waals surface area contributed by atoms with E-state index in [4.69, 9.17) is 9.47 Å². The second-order valence-electron chi connectivity index (χ2n) is 10.6. The zero-order valence-electron chi connectivity index (χ0n) is 23.6. The summed E-state index contributed by atoms with van der Waals surface area (Å²) in [6.45, 7) is 8.59. The highest BCUT2D eigenvalue weighted by Crippen LogP contribution is 2.32. The lowest BCUT2D eigenvalue weighted by molar-refractivity contribution is -0.126. The van der Waals surface area contributed by atoms with Gasteiger partial charge in [-0.05, 0) is 74.7 Å². The number of hydrogen-bond donors (Lipinski definition) is 1. The zero-order chi connectivity index (χ0) is 28.0. The minimum atomic E-state index is -3.72. The highest BCUT2D eigenvalue weighted by Gasteiger charge is 2.35. The van der Waals surface area contributed by atoms with Crippen LogP contribution in [0.4, 0.5) is 5.69 Å². The van der Waals surface area contributed by atoms with Gasteiger partial charge in [0.25, 0.3) is 0 Å². The van der Waals surface area contributed by atoms with Crippen molar-refractivity contribution in [3.8, 4) is 5.75 Å². The Hall–Kier alpha value is -2.66. The van der Waals surface area contributed by atoms with Crippen molar-refractivity contribution < 1.29 is 22.7 Å². The highest BCUT2D eigenvalue weighted by molar-refractivity contribution is 7.89. The van der Waals surface area contributed by atoms with Gasteiger partial charge in [0, 0.05) is 51.0 Å². The standard InChI is InChI=1S/C29H42N4O5S/c1-22-16-27(37-4)17-23(2)29(22)39(35,36)33-11-6-5-9-26(33)20-38-21-28(34)30-19-24-8-7-10-25(18-24)32-14-12-31(3)13-15-32/h7-8,10,16-18,26H,5-6,9,11-15,19-21H2,1-4H3,(H,30,34). The average Bonchev–Trinajstić information content (AvgIpc) is 2.92. The second-order valence-corrected chi connectivity index (χ2v) is 12.4. The number of benzene rings is 2. The number of amides is 1. The maximum atomic E-state index is 13.7. The Bertz CT molecular complexity index is 1220. The molecule has 1 unspecified atom stereocenters. The summed E-state index contributed by atoms with van der Waals surface area (Å²) in [4.78, 5) is 17.6. The monoisotopic (exact) mass is 558 g/mol. The quantitative estimate of drug-likeness (QED) is 0.480. The lowest BCUT2D eigenvalue weighted by Crippen LogP contribution is -2.46. The molecule has 0 bridgehead atoms. The Morgan fingerprint density at radius 2 is 1.74 bits per heavy atom. The van der Waals surface area contributed by atoms with Gasteiger partial charge >= 0.3 is 0 Å². The number of likely N-dealkylation sites (N-methyl/N-ethyl adjacent to an activating group) is 1. The van der Waals surface area contributed by atoms with Crippen LogP contribution in [0.25, 0.3) is 0 Å². The number of carbonyl (C=O) groups is 1. The van der Waals surface area contributed by atoms with Crippen molar-refractivity contribution in [2.24, 2.45) is 0 Å². The number of piperidine rings is 1. The van der Waals surface area contributed by atoms with Crippen LogP contribution in [-0.4, -0.2) is 89.7 Å². The second kappa shape index (κ2) is 13.1. The first-order valence-corrected chi connectivity index (χ1v) is 15.2. The Balaban J connectivity index is 1.30. The van der Waals surface area contributed by atoms with Crippen molar-refractivity contribution in [2.75, 3.05) is 65.0 Å². The molecule has 2 aliphatic heterocycles. The summed E-state index contributed by atoms with van der Waals surface area (Å²) in [5.74, 6) is 0.423. The minimum Gasteiger partial charge on any atom is -0.497 e. The number of methoxy groups -OCH3 is 1. The molecule has 214 valence electrons. The number of nitrogens with one attached hydrogen (secondary N) is 1. The molecule has 0 radical (unpaired) electrons. The first kappa shape index (κ1) is 29.3. The molecule has 0 spiro atoms. The molecule has 2 fully saturated rings. The molecule has 0 aliphatic carbocycles. The summed E-state index contributed by atoms with van der Waals surface area (Å²) in [6.07, 6.45) is 2.43. The van der Waals surface area contributed by atoms with Crippen molar-refractivity contribution in [1.82, 2.24) is 14.5 Å². The topological polar surface area (TPSA) is 91.4 Å². The van der Waals surface area contributed by atoms with Crippen molar-refractivity contribution in [1.29, 1.82) is 0 Å². The fourth-order valence-corrected chi connectivity index (χ4v) is 7.57. The molecule has 2 aliphatic rings. The molecule has 2 aromatic carbocycles. The Labute approximate surface area is 233 Å². The Kier molecular flexibility index (Phi) is 9.87. The number of sulfonamides is 1. The molecular weight excluding hydrogens is 516 g/mol. The molecule has 9 nitrogen and oxygen atoms in total. The SMILES string of the molecule is COc1cc(C)c(S(=O)(=O)N2CCCCC2COCC(=O)NCc2cccc(N3CCN(C)CC3)c2)c(C)c1. The number of anilines is 1. The predicted octanol–water partition coefficient (Wildman–Crippen LogP) is 2.94.